The average molecular weight is 193 g/mol. The SMILES string of the molecule is N=C(c1cccs1)C1CCCCC1. The standard InChI is InChI=1S/C11H15NS/c12-11(10-7-4-8-13-10)9-5-2-1-3-6-9/h4,7-9,12H,1-3,5-6H2. The lowest BCUT2D eigenvalue weighted by atomic mass is 9.85. The van der Waals surface area contributed by atoms with Gasteiger partial charge >= 0.3 is 0 Å². The molecule has 0 atom stereocenters. The maximum absolute atomic E-state index is 8.05. The molecule has 2 rings (SSSR count). The normalized spacial score (nSPS) is 18.8. The molecule has 0 spiro atoms. The fourth-order valence-electron chi connectivity index (χ4n) is 2.02. The number of hydrogen-bond donors (Lipinski definition) is 1. The third-order valence-electron chi connectivity index (χ3n) is 2.80. The summed E-state index contributed by atoms with van der Waals surface area (Å²) in [6, 6.07) is 4.11. The molecule has 0 amide bonds. The van der Waals surface area contributed by atoms with Crippen molar-refractivity contribution < 1.29 is 0 Å². The van der Waals surface area contributed by atoms with E-state index in [-0.39, 0.29) is 0 Å². The molecule has 0 aliphatic heterocycles. The molecule has 1 aromatic rings. The summed E-state index contributed by atoms with van der Waals surface area (Å²) in [6.07, 6.45) is 6.47. The first-order chi connectivity index (χ1) is 6.38. The van der Waals surface area contributed by atoms with Gasteiger partial charge in [-0.05, 0) is 24.3 Å². The van der Waals surface area contributed by atoms with Crippen LogP contribution in [0.2, 0.25) is 0 Å². The molecule has 0 saturated heterocycles. The van der Waals surface area contributed by atoms with Crippen LogP contribution in [-0.2, 0) is 0 Å². The predicted molar refractivity (Wildman–Crippen MR) is 57.7 cm³/mol. The Kier molecular flexibility index (Phi) is 2.79. The molecule has 1 N–H and O–H groups in total. The highest BCUT2D eigenvalue weighted by atomic mass is 32.1. The number of thiophene rings is 1. The van der Waals surface area contributed by atoms with Crippen molar-refractivity contribution in [3.05, 3.63) is 22.4 Å². The van der Waals surface area contributed by atoms with E-state index < -0.39 is 0 Å². The molecule has 70 valence electrons. The Morgan fingerprint density at radius 3 is 2.69 bits per heavy atom. The zero-order valence-corrected chi connectivity index (χ0v) is 8.57. The van der Waals surface area contributed by atoms with Gasteiger partial charge < -0.3 is 5.41 Å². The molecule has 1 fully saturated rings. The number of rotatable bonds is 2. The third kappa shape index (κ3) is 1.99. The Labute approximate surface area is 83.3 Å². The van der Waals surface area contributed by atoms with Crippen LogP contribution in [0.15, 0.2) is 17.5 Å². The van der Waals surface area contributed by atoms with Crippen molar-refractivity contribution in [3.8, 4) is 0 Å². The fourth-order valence-corrected chi connectivity index (χ4v) is 2.78. The molecule has 1 heterocycles. The molecule has 1 nitrogen and oxygen atoms in total. The van der Waals surface area contributed by atoms with Crippen molar-refractivity contribution in [2.24, 2.45) is 5.92 Å². The third-order valence-corrected chi connectivity index (χ3v) is 3.70. The van der Waals surface area contributed by atoms with Gasteiger partial charge in [0.15, 0.2) is 0 Å². The zero-order chi connectivity index (χ0) is 9.10. The highest BCUT2D eigenvalue weighted by molar-refractivity contribution is 7.12. The van der Waals surface area contributed by atoms with Crippen LogP contribution in [0.5, 0.6) is 0 Å². The van der Waals surface area contributed by atoms with Gasteiger partial charge in [-0.2, -0.15) is 0 Å². The zero-order valence-electron chi connectivity index (χ0n) is 7.75. The molecule has 1 aromatic heterocycles. The molecule has 1 aliphatic carbocycles. The van der Waals surface area contributed by atoms with E-state index in [1.54, 1.807) is 11.3 Å². The maximum Gasteiger partial charge on any atom is 0.0516 e. The summed E-state index contributed by atoms with van der Waals surface area (Å²) >= 11 is 1.70. The van der Waals surface area contributed by atoms with E-state index in [9.17, 15) is 0 Å². The first-order valence-electron chi connectivity index (χ1n) is 5.00. The van der Waals surface area contributed by atoms with Gasteiger partial charge in [0.25, 0.3) is 0 Å². The first kappa shape index (κ1) is 8.95. The summed E-state index contributed by atoms with van der Waals surface area (Å²) in [7, 11) is 0. The van der Waals surface area contributed by atoms with Crippen molar-refractivity contribution in [1.29, 1.82) is 5.41 Å². The maximum atomic E-state index is 8.05. The Hall–Kier alpha value is -0.630. The Morgan fingerprint density at radius 1 is 1.31 bits per heavy atom. The van der Waals surface area contributed by atoms with Crippen LogP contribution in [0.3, 0.4) is 0 Å². The summed E-state index contributed by atoms with van der Waals surface area (Å²) in [5, 5.41) is 10.1. The summed E-state index contributed by atoms with van der Waals surface area (Å²) < 4.78 is 0. The Bertz CT molecular complexity index is 270. The van der Waals surface area contributed by atoms with Crippen molar-refractivity contribution in [1.82, 2.24) is 0 Å². The first-order valence-corrected chi connectivity index (χ1v) is 5.88. The lowest BCUT2D eigenvalue weighted by molar-refractivity contribution is 0.439. The molecule has 2 heteroatoms. The van der Waals surface area contributed by atoms with Crippen LogP contribution in [0.4, 0.5) is 0 Å². The summed E-state index contributed by atoms with van der Waals surface area (Å²) in [6.45, 7) is 0. The van der Waals surface area contributed by atoms with E-state index in [1.807, 2.05) is 6.07 Å². The van der Waals surface area contributed by atoms with Crippen molar-refractivity contribution in [2.75, 3.05) is 0 Å². The molecule has 0 radical (unpaired) electrons. The van der Waals surface area contributed by atoms with Gasteiger partial charge in [0.1, 0.15) is 0 Å². The molecule has 0 unspecified atom stereocenters. The summed E-state index contributed by atoms with van der Waals surface area (Å²) in [5.41, 5.74) is 0.884. The largest absolute Gasteiger partial charge is 0.304 e. The molecule has 0 aromatic carbocycles. The van der Waals surface area contributed by atoms with E-state index in [4.69, 9.17) is 5.41 Å². The minimum Gasteiger partial charge on any atom is -0.304 e. The molecule has 1 aliphatic rings. The van der Waals surface area contributed by atoms with E-state index in [0.29, 0.717) is 5.92 Å². The van der Waals surface area contributed by atoms with Gasteiger partial charge in [0, 0.05) is 10.8 Å². The Morgan fingerprint density at radius 2 is 2.08 bits per heavy atom. The van der Waals surface area contributed by atoms with Crippen LogP contribution in [-0.4, -0.2) is 5.71 Å². The van der Waals surface area contributed by atoms with E-state index in [0.717, 1.165) is 5.71 Å². The van der Waals surface area contributed by atoms with Gasteiger partial charge in [-0.1, -0.05) is 25.3 Å². The van der Waals surface area contributed by atoms with Crippen molar-refractivity contribution in [3.63, 3.8) is 0 Å². The topological polar surface area (TPSA) is 23.9 Å². The van der Waals surface area contributed by atoms with E-state index in [1.165, 1.54) is 37.0 Å². The predicted octanol–water partition coefficient (Wildman–Crippen LogP) is 3.70. The second-order valence-electron chi connectivity index (χ2n) is 3.73. The second-order valence-corrected chi connectivity index (χ2v) is 4.67. The van der Waals surface area contributed by atoms with Crippen LogP contribution in [0, 0.1) is 11.3 Å². The molecule has 1 saturated carbocycles. The van der Waals surface area contributed by atoms with E-state index in [2.05, 4.69) is 11.4 Å². The number of nitrogens with one attached hydrogen (secondary N) is 1. The fraction of sp³-hybridized carbons (Fsp3) is 0.545. The summed E-state index contributed by atoms with van der Waals surface area (Å²) in [5.74, 6) is 0.549. The van der Waals surface area contributed by atoms with Crippen LogP contribution >= 0.6 is 11.3 Å². The Balaban J connectivity index is 2.04. The second kappa shape index (κ2) is 4.05. The molecule has 0 bridgehead atoms. The lowest BCUT2D eigenvalue weighted by Gasteiger charge is -2.21. The smallest absolute Gasteiger partial charge is 0.0516 e. The lowest BCUT2D eigenvalue weighted by Crippen LogP contribution is -2.16. The molecule has 13 heavy (non-hydrogen) atoms. The van der Waals surface area contributed by atoms with Gasteiger partial charge in [-0.25, -0.2) is 0 Å². The van der Waals surface area contributed by atoms with Crippen LogP contribution in [0.1, 0.15) is 37.0 Å². The summed E-state index contributed by atoms with van der Waals surface area (Å²) in [4.78, 5) is 1.17. The van der Waals surface area contributed by atoms with Gasteiger partial charge in [-0.3, -0.25) is 0 Å². The van der Waals surface area contributed by atoms with Gasteiger partial charge in [-0.15, -0.1) is 11.3 Å². The van der Waals surface area contributed by atoms with Crippen molar-refractivity contribution in [2.45, 2.75) is 32.1 Å². The van der Waals surface area contributed by atoms with Crippen molar-refractivity contribution >= 4 is 17.0 Å². The highest BCUT2D eigenvalue weighted by Crippen LogP contribution is 2.27. The minimum absolute atomic E-state index is 0.549. The van der Waals surface area contributed by atoms with E-state index >= 15 is 0 Å². The number of hydrogen-bond acceptors (Lipinski definition) is 2. The van der Waals surface area contributed by atoms with Gasteiger partial charge in [0.2, 0.25) is 0 Å². The average Bonchev–Trinajstić information content (AvgIpc) is 2.71. The minimum atomic E-state index is 0.549. The molecular weight excluding hydrogens is 178 g/mol. The highest BCUT2D eigenvalue weighted by Gasteiger charge is 2.19. The quantitative estimate of drug-likeness (QED) is 0.693. The van der Waals surface area contributed by atoms with Crippen LogP contribution in [0.25, 0.3) is 0 Å². The molecular formula is C11H15NS. The van der Waals surface area contributed by atoms with Crippen LogP contribution < -0.4 is 0 Å². The monoisotopic (exact) mass is 193 g/mol. The van der Waals surface area contributed by atoms with Gasteiger partial charge in [0.05, 0.1) is 5.71 Å².